The fourth-order valence-electron chi connectivity index (χ4n) is 2.29. The van der Waals surface area contributed by atoms with Gasteiger partial charge in [0, 0.05) is 11.6 Å². The van der Waals surface area contributed by atoms with Crippen LogP contribution in [0.1, 0.15) is 24.1 Å². The number of ether oxygens (including phenoxy) is 2. The Hall–Kier alpha value is -2.49. The minimum atomic E-state index is -0.0418. The number of amides is 1. The number of hydrogen-bond donors (Lipinski definition) is 1. The van der Waals surface area contributed by atoms with Crippen LogP contribution in [0.15, 0.2) is 48.5 Å². The first-order valence-electron chi connectivity index (χ1n) is 7.19. The zero-order valence-corrected chi connectivity index (χ0v) is 13.1. The molecular formula is C18H21NO3. The van der Waals surface area contributed by atoms with E-state index in [4.69, 9.17) is 9.47 Å². The molecule has 0 unspecified atom stereocenters. The highest BCUT2D eigenvalue weighted by atomic mass is 16.5. The van der Waals surface area contributed by atoms with Gasteiger partial charge in [-0.1, -0.05) is 36.4 Å². The zero-order chi connectivity index (χ0) is 15.9. The molecular weight excluding hydrogens is 278 g/mol. The van der Waals surface area contributed by atoms with E-state index in [1.165, 1.54) is 0 Å². The van der Waals surface area contributed by atoms with Crippen LogP contribution in [0.5, 0.6) is 11.5 Å². The van der Waals surface area contributed by atoms with Gasteiger partial charge in [0.05, 0.1) is 26.7 Å². The second kappa shape index (κ2) is 7.50. The number of carbonyl (C=O) groups is 1. The number of rotatable bonds is 6. The molecule has 0 bridgehead atoms. The van der Waals surface area contributed by atoms with E-state index in [2.05, 4.69) is 5.32 Å². The smallest absolute Gasteiger partial charge is 0.225 e. The lowest BCUT2D eigenvalue weighted by atomic mass is 10.1. The van der Waals surface area contributed by atoms with E-state index in [0.717, 1.165) is 11.1 Å². The van der Waals surface area contributed by atoms with Crippen molar-refractivity contribution in [3.63, 3.8) is 0 Å². The molecule has 0 aromatic heterocycles. The van der Waals surface area contributed by atoms with Crippen molar-refractivity contribution in [1.82, 2.24) is 5.32 Å². The molecule has 4 heteroatoms. The van der Waals surface area contributed by atoms with Crippen LogP contribution in [0.3, 0.4) is 0 Å². The molecule has 4 nitrogen and oxygen atoms in total. The van der Waals surface area contributed by atoms with Gasteiger partial charge < -0.3 is 14.8 Å². The summed E-state index contributed by atoms with van der Waals surface area (Å²) in [6.45, 7) is 1.97. The number of methoxy groups -OCH3 is 2. The van der Waals surface area contributed by atoms with Crippen molar-refractivity contribution in [3.05, 3.63) is 59.7 Å². The van der Waals surface area contributed by atoms with Crippen LogP contribution in [0.4, 0.5) is 0 Å². The average molecular weight is 299 g/mol. The molecule has 0 radical (unpaired) electrons. The molecule has 2 rings (SSSR count). The first kappa shape index (κ1) is 15.9. The Labute approximate surface area is 131 Å². The Kier molecular flexibility index (Phi) is 5.42. The summed E-state index contributed by atoms with van der Waals surface area (Å²) in [7, 11) is 3.19. The Morgan fingerprint density at radius 2 is 1.82 bits per heavy atom. The van der Waals surface area contributed by atoms with Gasteiger partial charge in [0.2, 0.25) is 5.91 Å². The van der Waals surface area contributed by atoms with Crippen LogP contribution in [-0.2, 0) is 11.2 Å². The Bertz CT molecular complexity index is 625. The average Bonchev–Trinajstić information content (AvgIpc) is 2.55. The summed E-state index contributed by atoms with van der Waals surface area (Å²) < 4.78 is 10.5. The van der Waals surface area contributed by atoms with Crippen molar-refractivity contribution in [2.24, 2.45) is 0 Å². The maximum Gasteiger partial charge on any atom is 0.225 e. The van der Waals surface area contributed by atoms with Crippen molar-refractivity contribution in [2.75, 3.05) is 14.2 Å². The van der Waals surface area contributed by atoms with Gasteiger partial charge in [0.15, 0.2) is 0 Å². The van der Waals surface area contributed by atoms with Gasteiger partial charge in [-0.25, -0.2) is 0 Å². The van der Waals surface area contributed by atoms with Gasteiger partial charge in [-0.05, 0) is 18.6 Å². The van der Waals surface area contributed by atoms with Crippen LogP contribution in [0.25, 0.3) is 0 Å². The number of nitrogens with one attached hydrogen (secondary N) is 1. The molecule has 0 saturated heterocycles. The van der Waals surface area contributed by atoms with Crippen molar-refractivity contribution in [2.45, 2.75) is 19.4 Å². The topological polar surface area (TPSA) is 47.6 Å². The summed E-state index contributed by atoms with van der Waals surface area (Å²) in [4.78, 5) is 12.2. The number of hydrogen-bond acceptors (Lipinski definition) is 3. The Balaban J connectivity index is 2.03. The van der Waals surface area contributed by atoms with E-state index < -0.39 is 0 Å². The van der Waals surface area contributed by atoms with Crippen LogP contribution in [-0.4, -0.2) is 20.1 Å². The van der Waals surface area contributed by atoms with Crippen LogP contribution < -0.4 is 14.8 Å². The van der Waals surface area contributed by atoms with Gasteiger partial charge in [-0.15, -0.1) is 0 Å². The van der Waals surface area contributed by atoms with Crippen molar-refractivity contribution in [1.29, 1.82) is 0 Å². The van der Waals surface area contributed by atoms with E-state index >= 15 is 0 Å². The molecule has 1 atom stereocenters. The standard InChI is InChI=1S/C18H21NO3/c1-13(14-7-5-4-6-8-14)19-18(20)11-15-9-10-16(21-2)12-17(15)22-3/h4-10,12-13H,11H2,1-3H3,(H,19,20)/t13-/m1/s1. The summed E-state index contributed by atoms with van der Waals surface area (Å²) in [6.07, 6.45) is 0.268. The number of benzene rings is 2. The molecule has 116 valence electrons. The van der Waals surface area contributed by atoms with E-state index in [1.807, 2.05) is 49.4 Å². The third kappa shape index (κ3) is 4.01. The van der Waals surface area contributed by atoms with Crippen LogP contribution in [0, 0.1) is 0 Å². The third-order valence-electron chi connectivity index (χ3n) is 3.52. The van der Waals surface area contributed by atoms with Gasteiger partial charge >= 0.3 is 0 Å². The highest BCUT2D eigenvalue weighted by Crippen LogP contribution is 2.25. The fraction of sp³-hybridized carbons (Fsp3) is 0.278. The summed E-state index contributed by atoms with van der Waals surface area (Å²) in [5.41, 5.74) is 1.92. The highest BCUT2D eigenvalue weighted by Gasteiger charge is 2.13. The lowest BCUT2D eigenvalue weighted by Gasteiger charge is -2.15. The van der Waals surface area contributed by atoms with Crippen molar-refractivity contribution >= 4 is 5.91 Å². The van der Waals surface area contributed by atoms with E-state index in [1.54, 1.807) is 20.3 Å². The summed E-state index contributed by atoms with van der Waals surface area (Å²) >= 11 is 0. The molecule has 0 aliphatic carbocycles. The molecule has 2 aromatic rings. The zero-order valence-electron chi connectivity index (χ0n) is 13.1. The van der Waals surface area contributed by atoms with Gasteiger partial charge in [-0.2, -0.15) is 0 Å². The third-order valence-corrected chi connectivity index (χ3v) is 3.52. The molecule has 2 aromatic carbocycles. The molecule has 0 fully saturated rings. The predicted molar refractivity (Wildman–Crippen MR) is 86.2 cm³/mol. The van der Waals surface area contributed by atoms with Crippen LogP contribution in [0.2, 0.25) is 0 Å². The molecule has 0 saturated carbocycles. The molecule has 0 aliphatic heterocycles. The van der Waals surface area contributed by atoms with Gasteiger partial charge in [0.25, 0.3) is 0 Å². The normalized spacial score (nSPS) is 11.6. The first-order valence-corrected chi connectivity index (χ1v) is 7.19. The monoisotopic (exact) mass is 299 g/mol. The van der Waals surface area contributed by atoms with Gasteiger partial charge in [0.1, 0.15) is 11.5 Å². The lowest BCUT2D eigenvalue weighted by molar-refractivity contribution is -0.121. The Morgan fingerprint density at radius 1 is 1.09 bits per heavy atom. The van der Waals surface area contributed by atoms with Crippen molar-refractivity contribution in [3.8, 4) is 11.5 Å². The first-order chi connectivity index (χ1) is 10.6. The maximum atomic E-state index is 12.2. The Morgan fingerprint density at radius 3 is 2.45 bits per heavy atom. The van der Waals surface area contributed by atoms with E-state index in [9.17, 15) is 4.79 Å². The minimum absolute atomic E-state index is 0.0297. The van der Waals surface area contributed by atoms with E-state index in [-0.39, 0.29) is 18.4 Å². The number of carbonyl (C=O) groups excluding carboxylic acids is 1. The molecule has 0 aliphatic rings. The SMILES string of the molecule is COc1ccc(CC(=O)N[C@H](C)c2ccccc2)c(OC)c1. The van der Waals surface area contributed by atoms with E-state index in [0.29, 0.717) is 11.5 Å². The second-order valence-electron chi connectivity index (χ2n) is 5.05. The molecule has 1 amide bonds. The van der Waals surface area contributed by atoms with Crippen LogP contribution >= 0.6 is 0 Å². The maximum absolute atomic E-state index is 12.2. The fourth-order valence-corrected chi connectivity index (χ4v) is 2.29. The predicted octanol–water partition coefficient (Wildman–Crippen LogP) is 3.12. The molecule has 0 heterocycles. The summed E-state index contributed by atoms with van der Waals surface area (Å²) in [5, 5.41) is 3.00. The largest absolute Gasteiger partial charge is 0.497 e. The molecule has 1 N–H and O–H groups in total. The quantitative estimate of drug-likeness (QED) is 0.891. The summed E-state index contributed by atoms with van der Waals surface area (Å²) in [5.74, 6) is 1.32. The lowest BCUT2D eigenvalue weighted by Crippen LogP contribution is -2.28. The molecule has 22 heavy (non-hydrogen) atoms. The second-order valence-corrected chi connectivity index (χ2v) is 5.05. The van der Waals surface area contributed by atoms with Crippen molar-refractivity contribution < 1.29 is 14.3 Å². The minimum Gasteiger partial charge on any atom is -0.497 e. The summed E-state index contributed by atoms with van der Waals surface area (Å²) in [6, 6.07) is 15.3. The molecule has 0 spiro atoms. The van der Waals surface area contributed by atoms with Gasteiger partial charge in [-0.3, -0.25) is 4.79 Å². The highest BCUT2D eigenvalue weighted by molar-refractivity contribution is 5.79.